The summed E-state index contributed by atoms with van der Waals surface area (Å²) >= 11 is 5.83. The number of carbonyl (C=O) groups excluding carboxylic acids is 1. The van der Waals surface area contributed by atoms with Crippen LogP contribution in [-0.2, 0) is 4.79 Å². The third-order valence-corrected chi connectivity index (χ3v) is 3.01. The van der Waals surface area contributed by atoms with Crippen LogP contribution in [0.5, 0.6) is 5.75 Å². The van der Waals surface area contributed by atoms with Crippen LogP contribution >= 0.6 is 11.6 Å². The van der Waals surface area contributed by atoms with Gasteiger partial charge in [-0.2, -0.15) is 0 Å². The van der Waals surface area contributed by atoms with Crippen LogP contribution < -0.4 is 4.74 Å². The number of ether oxygens (including phenoxy) is 1. The quantitative estimate of drug-likeness (QED) is 0.940. The van der Waals surface area contributed by atoms with Gasteiger partial charge in [0.25, 0.3) is 0 Å². The number of hydrogen-bond acceptors (Lipinski definition) is 4. The number of rotatable bonds is 4. The van der Waals surface area contributed by atoms with Crippen molar-refractivity contribution in [1.29, 1.82) is 0 Å². The Morgan fingerprint density at radius 1 is 1.30 bits per heavy atom. The zero-order valence-corrected chi connectivity index (χ0v) is 12.3. The molecule has 0 aliphatic rings. The summed E-state index contributed by atoms with van der Waals surface area (Å²) in [5, 5.41) is 10.6. The fraction of sp³-hybridized carbons (Fsp3) is 0.357. The van der Waals surface area contributed by atoms with Crippen LogP contribution in [0.15, 0.2) is 30.5 Å². The first-order valence-electron chi connectivity index (χ1n) is 6.20. The van der Waals surface area contributed by atoms with Gasteiger partial charge in [-0.15, -0.1) is 5.10 Å². The van der Waals surface area contributed by atoms with Crippen molar-refractivity contribution in [1.82, 2.24) is 15.4 Å². The Balaban J connectivity index is 2.28. The summed E-state index contributed by atoms with van der Waals surface area (Å²) in [5.74, 6) is 0.505. The van der Waals surface area contributed by atoms with Gasteiger partial charge in [0.05, 0.1) is 6.20 Å². The van der Waals surface area contributed by atoms with Crippen molar-refractivity contribution in [3.63, 3.8) is 0 Å². The molecule has 1 atom stereocenters. The minimum atomic E-state index is -0.772. The average molecular weight is 294 g/mol. The van der Waals surface area contributed by atoms with Crippen molar-refractivity contribution in [3.8, 4) is 5.75 Å². The second-order valence-corrected chi connectivity index (χ2v) is 5.91. The van der Waals surface area contributed by atoms with Crippen LogP contribution in [0.2, 0.25) is 5.02 Å². The standard InChI is InChI=1S/C14H16ClN3O2/c1-14(2,3)13(19)12(11-8-16-18-17-11)20-10-6-4-9(15)5-7-10/h4-8,12H,1-3H3,(H,16,17,18). The smallest absolute Gasteiger partial charge is 0.200 e. The van der Waals surface area contributed by atoms with Gasteiger partial charge in [0, 0.05) is 10.4 Å². The topological polar surface area (TPSA) is 67.9 Å². The van der Waals surface area contributed by atoms with E-state index in [1.54, 1.807) is 24.3 Å². The lowest BCUT2D eigenvalue weighted by molar-refractivity contribution is -0.134. The van der Waals surface area contributed by atoms with Crippen molar-refractivity contribution in [2.75, 3.05) is 0 Å². The maximum absolute atomic E-state index is 12.5. The highest BCUT2D eigenvalue weighted by Gasteiger charge is 2.33. The molecule has 6 heteroatoms. The summed E-state index contributed by atoms with van der Waals surface area (Å²) in [6, 6.07) is 6.85. The molecule has 20 heavy (non-hydrogen) atoms. The van der Waals surface area contributed by atoms with Gasteiger partial charge in [0.1, 0.15) is 11.4 Å². The highest BCUT2D eigenvalue weighted by Crippen LogP contribution is 2.29. The minimum Gasteiger partial charge on any atom is -0.476 e. The SMILES string of the molecule is CC(C)(C)C(=O)C(Oc1ccc(Cl)cc1)c1cnn[nH]1. The number of Topliss-reactive ketones (excluding diaryl/α,β-unsaturated/α-hetero) is 1. The number of ketones is 1. The Bertz CT molecular complexity index is 573. The molecule has 1 heterocycles. The molecule has 0 radical (unpaired) electrons. The summed E-state index contributed by atoms with van der Waals surface area (Å²) < 4.78 is 5.78. The number of carbonyl (C=O) groups is 1. The Hall–Kier alpha value is -1.88. The number of aromatic amines is 1. The van der Waals surface area contributed by atoms with Crippen LogP contribution in [-0.4, -0.2) is 21.2 Å². The monoisotopic (exact) mass is 293 g/mol. The van der Waals surface area contributed by atoms with Crippen LogP contribution in [0.3, 0.4) is 0 Å². The lowest BCUT2D eigenvalue weighted by Crippen LogP contribution is -2.30. The van der Waals surface area contributed by atoms with E-state index < -0.39 is 11.5 Å². The van der Waals surface area contributed by atoms with E-state index >= 15 is 0 Å². The van der Waals surface area contributed by atoms with Gasteiger partial charge in [-0.05, 0) is 24.3 Å². The second kappa shape index (κ2) is 5.63. The van der Waals surface area contributed by atoms with E-state index in [0.717, 1.165) is 0 Å². The van der Waals surface area contributed by atoms with E-state index in [4.69, 9.17) is 16.3 Å². The lowest BCUT2D eigenvalue weighted by atomic mass is 9.86. The predicted molar refractivity (Wildman–Crippen MR) is 75.7 cm³/mol. The van der Waals surface area contributed by atoms with Gasteiger partial charge >= 0.3 is 0 Å². The molecule has 0 amide bonds. The number of benzene rings is 1. The molecule has 0 aliphatic carbocycles. The molecule has 0 aliphatic heterocycles. The summed E-state index contributed by atoms with van der Waals surface area (Å²) in [4.78, 5) is 12.5. The second-order valence-electron chi connectivity index (χ2n) is 5.48. The molecule has 1 N–H and O–H groups in total. The number of nitrogens with zero attached hydrogens (tertiary/aromatic N) is 2. The van der Waals surface area contributed by atoms with Gasteiger partial charge in [0.2, 0.25) is 0 Å². The zero-order chi connectivity index (χ0) is 14.8. The molecule has 1 unspecified atom stereocenters. The molecule has 0 fully saturated rings. The average Bonchev–Trinajstić information content (AvgIpc) is 2.90. The third-order valence-electron chi connectivity index (χ3n) is 2.76. The molecule has 0 spiro atoms. The molecule has 1 aromatic carbocycles. The van der Waals surface area contributed by atoms with Crippen LogP contribution in [0.25, 0.3) is 0 Å². The maximum Gasteiger partial charge on any atom is 0.200 e. The van der Waals surface area contributed by atoms with Gasteiger partial charge in [0.15, 0.2) is 11.9 Å². The summed E-state index contributed by atoms with van der Waals surface area (Å²) in [5.41, 5.74) is -0.0118. The van der Waals surface area contributed by atoms with Crippen molar-refractivity contribution in [2.45, 2.75) is 26.9 Å². The highest BCUT2D eigenvalue weighted by atomic mass is 35.5. The van der Waals surface area contributed by atoms with Crippen molar-refractivity contribution >= 4 is 17.4 Å². The molecule has 0 saturated heterocycles. The predicted octanol–water partition coefficient (Wildman–Crippen LogP) is 3.19. The number of nitrogens with one attached hydrogen (secondary N) is 1. The molecular formula is C14H16ClN3O2. The summed E-state index contributed by atoms with van der Waals surface area (Å²) in [7, 11) is 0. The van der Waals surface area contributed by atoms with Crippen LogP contribution in [0, 0.1) is 5.41 Å². The Morgan fingerprint density at radius 2 is 1.95 bits per heavy atom. The van der Waals surface area contributed by atoms with Gasteiger partial charge in [-0.1, -0.05) is 37.6 Å². The molecule has 2 rings (SSSR count). The molecule has 106 valence electrons. The lowest BCUT2D eigenvalue weighted by Gasteiger charge is -2.24. The summed E-state index contributed by atoms with van der Waals surface area (Å²) in [6.07, 6.45) is 0.718. The maximum atomic E-state index is 12.5. The number of hydrogen-bond donors (Lipinski definition) is 1. The first-order chi connectivity index (χ1) is 9.38. The Morgan fingerprint density at radius 3 is 2.45 bits per heavy atom. The van der Waals surface area contributed by atoms with Gasteiger partial charge in [-0.3, -0.25) is 9.89 Å². The number of H-pyrrole nitrogens is 1. The highest BCUT2D eigenvalue weighted by molar-refractivity contribution is 6.30. The van der Waals surface area contributed by atoms with Crippen LogP contribution in [0.1, 0.15) is 32.6 Å². The Labute approximate surface area is 122 Å². The molecule has 0 bridgehead atoms. The fourth-order valence-electron chi connectivity index (χ4n) is 1.63. The van der Waals surface area contributed by atoms with Crippen LogP contribution in [0.4, 0.5) is 0 Å². The van der Waals surface area contributed by atoms with E-state index in [-0.39, 0.29) is 5.78 Å². The molecule has 5 nitrogen and oxygen atoms in total. The molecule has 2 aromatic rings. The molecule has 1 aromatic heterocycles. The normalized spacial score (nSPS) is 13.0. The van der Waals surface area contributed by atoms with Crippen molar-refractivity contribution in [3.05, 3.63) is 41.2 Å². The third kappa shape index (κ3) is 3.36. The van der Waals surface area contributed by atoms with E-state index in [9.17, 15) is 4.79 Å². The number of aromatic nitrogens is 3. The Kier molecular flexibility index (Phi) is 4.09. The fourth-order valence-corrected chi connectivity index (χ4v) is 1.76. The van der Waals surface area contributed by atoms with E-state index in [1.807, 2.05) is 20.8 Å². The molecular weight excluding hydrogens is 278 g/mol. The first-order valence-corrected chi connectivity index (χ1v) is 6.58. The van der Waals surface area contributed by atoms with Crippen molar-refractivity contribution in [2.24, 2.45) is 5.41 Å². The van der Waals surface area contributed by atoms with E-state index in [0.29, 0.717) is 16.5 Å². The van der Waals surface area contributed by atoms with Gasteiger partial charge in [-0.25, -0.2) is 0 Å². The number of halogens is 1. The molecule has 0 saturated carbocycles. The summed E-state index contributed by atoms with van der Waals surface area (Å²) in [6.45, 7) is 5.53. The van der Waals surface area contributed by atoms with Crippen molar-refractivity contribution < 1.29 is 9.53 Å². The first kappa shape index (κ1) is 14.5. The minimum absolute atomic E-state index is 0.0569. The van der Waals surface area contributed by atoms with Gasteiger partial charge < -0.3 is 4.74 Å². The van der Waals surface area contributed by atoms with E-state index in [1.165, 1.54) is 6.20 Å². The zero-order valence-electron chi connectivity index (χ0n) is 11.6. The van der Waals surface area contributed by atoms with E-state index in [2.05, 4.69) is 15.4 Å². The largest absolute Gasteiger partial charge is 0.476 e.